The Morgan fingerprint density at radius 2 is 2.05 bits per heavy atom. The number of aromatic nitrogens is 1. The fourth-order valence-corrected chi connectivity index (χ4v) is 4.34. The molecule has 1 N–H and O–H groups in total. The number of hydrogen-bond acceptors (Lipinski definition) is 5. The summed E-state index contributed by atoms with van der Waals surface area (Å²) in [5.74, 6) is 0. The average molecular weight is 281 g/mol. The standard InChI is InChI=1S/C14H23N3OS/c1-9-7-17(8-10(2)18-9)14-16-13-11(15-3)5-4-6-12(13)19-14/h9-11,15H,4-8H2,1-3H3/t9-,10+,11?. The second-order valence-corrected chi connectivity index (χ2v) is 6.76. The number of rotatable bonds is 2. The Bertz CT molecular complexity index is 438. The maximum Gasteiger partial charge on any atom is 0.186 e. The number of ether oxygens (including phenoxy) is 1. The van der Waals surface area contributed by atoms with Gasteiger partial charge in [-0.15, -0.1) is 11.3 Å². The molecule has 1 aromatic rings. The molecule has 0 spiro atoms. The molecule has 0 saturated carbocycles. The Morgan fingerprint density at radius 3 is 2.74 bits per heavy atom. The SMILES string of the molecule is CNC1CCCc2sc(N3C[C@@H](C)O[C@@H](C)C3)nc21. The maximum absolute atomic E-state index is 5.81. The number of aryl methyl sites for hydroxylation is 1. The Labute approximate surface area is 119 Å². The van der Waals surface area contributed by atoms with Gasteiger partial charge in [0.05, 0.1) is 23.9 Å². The number of thiazole rings is 1. The monoisotopic (exact) mass is 281 g/mol. The van der Waals surface area contributed by atoms with Gasteiger partial charge in [0.25, 0.3) is 0 Å². The minimum Gasteiger partial charge on any atom is -0.372 e. The van der Waals surface area contributed by atoms with Crippen molar-refractivity contribution < 1.29 is 4.74 Å². The van der Waals surface area contributed by atoms with E-state index in [0.29, 0.717) is 18.2 Å². The van der Waals surface area contributed by atoms with Gasteiger partial charge in [-0.1, -0.05) is 0 Å². The highest BCUT2D eigenvalue weighted by Gasteiger charge is 2.28. The lowest BCUT2D eigenvalue weighted by atomic mass is 9.98. The van der Waals surface area contributed by atoms with E-state index in [2.05, 4.69) is 24.1 Å². The molecule has 106 valence electrons. The summed E-state index contributed by atoms with van der Waals surface area (Å²) in [7, 11) is 2.04. The van der Waals surface area contributed by atoms with Crippen LogP contribution in [-0.4, -0.2) is 37.3 Å². The van der Waals surface area contributed by atoms with Gasteiger partial charge >= 0.3 is 0 Å². The first-order valence-electron chi connectivity index (χ1n) is 7.24. The third-order valence-corrected chi connectivity index (χ3v) is 5.17. The summed E-state index contributed by atoms with van der Waals surface area (Å²) in [6, 6.07) is 0.449. The summed E-state index contributed by atoms with van der Waals surface area (Å²) in [5, 5.41) is 4.58. The molecular weight excluding hydrogens is 258 g/mol. The summed E-state index contributed by atoms with van der Waals surface area (Å²) >= 11 is 1.88. The number of anilines is 1. The minimum absolute atomic E-state index is 0.296. The third kappa shape index (κ3) is 2.64. The molecule has 0 radical (unpaired) electrons. The van der Waals surface area contributed by atoms with E-state index in [-0.39, 0.29) is 0 Å². The lowest BCUT2D eigenvalue weighted by molar-refractivity contribution is -0.00523. The van der Waals surface area contributed by atoms with E-state index < -0.39 is 0 Å². The van der Waals surface area contributed by atoms with Crippen LogP contribution in [0.1, 0.15) is 43.3 Å². The average Bonchev–Trinajstić information content (AvgIpc) is 2.81. The molecule has 1 aliphatic carbocycles. The first-order valence-corrected chi connectivity index (χ1v) is 8.06. The smallest absolute Gasteiger partial charge is 0.186 e. The highest BCUT2D eigenvalue weighted by atomic mass is 32.1. The summed E-state index contributed by atoms with van der Waals surface area (Å²) in [6.45, 7) is 6.21. The molecule has 0 amide bonds. The van der Waals surface area contributed by atoms with E-state index in [4.69, 9.17) is 9.72 Å². The lowest BCUT2D eigenvalue weighted by Gasteiger charge is -2.35. The van der Waals surface area contributed by atoms with Crippen LogP contribution < -0.4 is 10.2 Å². The van der Waals surface area contributed by atoms with Gasteiger partial charge in [0, 0.05) is 18.0 Å². The molecule has 1 aliphatic heterocycles. The van der Waals surface area contributed by atoms with Crippen molar-refractivity contribution in [3.8, 4) is 0 Å². The van der Waals surface area contributed by atoms with Crippen LogP contribution in [-0.2, 0) is 11.2 Å². The molecule has 0 aromatic carbocycles. The van der Waals surface area contributed by atoms with Crippen LogP contribution in [0.3, 0.4) is 0 Å². The topological polar surface area (TPSA) is 37.4 Å². The quantitative estimate of drug-likeness (QED) is 0.903. The fraction of sp³-hybridized carbons (Fsp3) is 0.786. The van der Waals surface area contributed by atoms with Crippen molar-refractivity contribution in [1.82, 2.24) is 10.3 Å². The Balaban J connectivity index is 1.84. The van der Waals surface area contributed by atoms with Crippen molar-refractivity contribution in [2.75, 3.05) is 25.0 Å². The van der Waals surface area contributed by atoms with Crippen LogP contribution >= 0.6 is 11.3 Å². The van der Waals surface area contributed by atoms with Crippen molar-refractivity contribution in [2.24, 2.45) is 0 Å². The molecule has 1 unspecified atom stereocenters. The maximum atomic E-state index is 5.81. The predicted molar refractivity (Wildman–Crippen MR) is 79.1 cm³/mol. The second-order valence-electron chi connectivity index (χ2n) is 5.70. The Kier molecular flexibility index (Phi) is 3.78. The van der Waals surface area contributed by atoms with Crippen LogP contribution in [0.2, 0.25) is 0 Å². The van der Waals surface area contributed by atoms with Gasteiger partial charge < -0.3 is 15.0 Å². The number of morpholine rings is 1. The zero-order valence-corrected chi connectivity index (χ0v) is 12.8. The van der Waals surface area contributed by atoms with Gasteiger partial charge in [0.1, 0.15) is 0 Å². The van der Waals surface area contributed by atoms with Crippen molar-refractivity contribution >= 4 is 16.5 Å². The summed E-state index contributed by atoms with van der Waals surface area (Å²) in [5.41, 5.74) is 1.29. The van der Waals surface area contributed by atoms with E-state index >= 15 is 0 Å². The van der Waals surface area contributed by atoms with Gasteiger partial charge in [-0.25, -0.2) is 4.98 Å². The molecule has 1 saturated heterocycles. The predicted octanol–water partition coefficient (Wildman–Crippen LogP) is 2.35. The third-order valence-electron chi connectivity index (χ3n) is 3.98. The highest BCUT2D eigenvalue weighted by Crippen LogP contribution is 2.37. The molecular formula is C14H23N3OS. The van der Waals surface area contributed by atoms with Crippen molar-refractivity contribution in [3.63, 3.8) is 0 Å². The minimum atomic E-state index is 0.296. The molecule has 4 nitrogen and oxygen atoms in total. The summed E-state index contributed by atoms with van der Waals surface area (Å²) in [4.78, 5) is 8.80. The molecule has 19 heavy (non-hydrogen) atoms. The van der Waals surface area contributed by atoms with Crippen LogP contribution in [0.5, 0.6) is 0 Å². The largest absolute Gasteiger partial charge is 0.372 e. The zero-order valence-electron chi connectivity index (χ0n) is 12.0. The van der Waals surface area contributed by atoms with Gasteiger partial charge in [-0.2, -0.15) is 0 Å². The molecule has 3 atom stereocenters. The molecule has 2 aliphatic rings. The highest BCUT2D eigenvalue weighted by molar-refractivity contribution is 7.15. The van der Waals surface area contributed by atoms with E-state index in [1.807, 2.05) is 18.4 Å². The molecule has 0 bridgehead atoms. The van der Waals surface area contributed by atoms with Crippen molar-refractivity contribution in [2.45, 2.75) is 51.4 Å². The van der Waals surface area contributed by atoms with Gasteiger partial charge in [0.15, 0.2) is 5.13 Å². The number of nitrogens with zero attached hydrogens (tertiary/aromatic N) is 2. The molecule has 3 rings (SSSR count). The summed E-state index contributed by atoms with van der Waals surface area (Å²) in [6.07, 6.45) is 4.27. The van der Waals surface area contributed by atoms with Crippen LogP contribution in [0, 0.1) is 0 Å². The number of fused-ring (bicyclic) bond motifs is 1. The second kappa shape index (κ2) is 5.38. The van der Waals surface area contributed by atoms with E-state index in [0.717, 1.165) is 13.1 Å². The molecule has 5 heteroatoms. The van der Waals surface area contributed by atoms with E-state index in [9.17, 15) is 0 Å². The zero-order chi connectivity index (χ0) is 13.4. The first kappa shape index (κ1) is 13.3. The molecule has 1 aromatic heterocycles. The normalized spacial score (nSPS) is 31.3. The van der Waals surface area contributed by atoms with E-state index in [1.165, 1.54) is 35.0 Å². The van der Waals surface area contributed by atoms with E-state index in [1.54, 1.807) is 0 Å². The number of hydrogen-bond donors (Lipinski definition) is 1. The van der Waals surface area contributed by atoms with Gasteiger partial charge in [-0.3, -0.25) is 0 Å². The van der Waals surface area contributed by atoms with Crippen molar-refractivity contribution in [3.05, 3.63) is 10.6 Å². The Hall–Kier alpha value is -0.650. The lowest BCUT2D eigenvalue weighted by Crippen LogP contribution is -2.45. The first-order chi connectivity index (χ1) is 9.17. The van der Waals surface area contributed by atoms with Crippen LogP contribution in [0.15, 0.2) is 0 Å². The summed E-state index contributed by atoms with van der Waals surface area (Å²) < 4.78 is 5.81. The molecule has 2 heterocycles. The Morgan fingerprint density at radius 1 is 1.32 bits per heavy atom. The van der Waals surface area contributed by atoms with Crippen molar-refractivity contribution in [1.29, 1.82) is 0 Å². The van der Waals surface area contributed by atoms with Crippen LogP contribution in [0.25, 0.3) is 0 Å². The van der Waals surface area contributed by atoms with Gasteiger partial charge in [-0.05, 0) is 40.2 Å². The fourth-order valence-electron chi connectivity index (χ4n) is 3.16. The van der Waals surface area contributed by atoms with Gasteiger partial charge in [0.2, 0.25) is 0 Å². The van der Waals surface area contributed by atoms with Crippen LogP contribution in [0.4, 0.5) is 5.13 Å². The molecule has 1 fully saturated rings. The number of nitrogens with one attached hydrogen (secondary N) is 1.